The van der Waals surface area contributed by atoms with Gasteiger partial charge in [0.25, 0.3) is 5.91 Å². The van der Waals surface area contributed by atoms with Crippen LogP contribution in [0.5, 0.6) is 0 Å². The summed E-state index contributed by atoms with van der Waals surface area (Å²) in [4.78, 5) is 42.6. The number of nitrogens with zero attached hydrogens (tertiary/aromatic N) is 3. The number of benzene rings is 2. The summed E-state index contributed by atoms with van der Waals surface area (Å²) in [6.07, 6.45) is 0.180. The molecule has 2 aliphatic rings. The van der Waals surface area contributed by atoms with E-state index in [1.54, 1.807) is 24.3 Å². The van der Waals surface area contributed by atoms with E-state index in [4.69, 9.17) is 11.6 Å². The van der Waals surface area contributed by atoms with E-state index >= 15 is 0 Å². The number of amides is 2. The van der Waals surface area contributed by atoms with Crippen LogP contribution in [0.25, 0.3) is 0 Å². The summed E-state index contributed by atoms with van der Waals surface area (Å²) in [6.45, 7) is 4.35. The number of piperazine rings is 1. The molecule has 0 aliphatic carbocycles. The Morgan fingerprint density at radius 3 is 2.24 bits per heavy atom. The number of hydrogen-bond donors (Lipinski definition) is 0. The van der Waals surface area contributed by atoms with Crippen molar-refractivity contribution in [1.82, 2.24) is 4.90 Å². The van der Waals surface area contributed by atoms with Crippen LogP contribution in [-0.4, -0.2) is 54.7 Å². The molecule has 1 unspecified atom stereocenters. The van der Waals surface area contributed by atoms with Crippen molar-refractivity contribution in [2.24, 2.45) is 0 Å². The number of hydrogen-bond acceptors (Lipinski definition) is 5. The average molecular weight is 412 g/mol. The molecule has 6 nitrogen and oxygen atoms in total. The Bertz CT molecular complexity index is 952. The lowest BCUT2D eigenvalue weighted by Crippen LogP contribution is -2.52. The van der Waals surface area contributed by atoms with Gasteiger partial charge in [0, 0.05) is 31.7 Å². The lowest BCUT2D eigenvalue weighted by molar-refractivity contribution is -0.123. The number of rotatable bonds is 4. The van der Waals surface area contributed by atoms with Crippen LogP contribution >= 0.6 is 11.6 Å². The molecule has 2 amide bonds. The Labute approximate surface area is 174 Å². The van der Waals surface area contributed by atoms with Gasteiger partial charge < -0.3 is 4.90 Å². The third-order valence-electron chi connectivity index (χ3n) is 5.60. The largest absolute Gasteiger partial charge is 0.368 e. The van der Waals surface area contributed by atoms with Crippen molar-refractivity contribution in [2.45, 2.75) is 19.4 Å². The van der Waals surface area contributed by atoms with Gasteiger partial charge in [0.1, 0.15) is 0 Å². The molecule has 0 saturated carbocycles. The first-order chi connectivity index (χ1) is 14.0. The minimum Gasteiger partial charge on any atom is -0.368 e. The second-order valence-electron chi connectivity index (χ2n) is 7.36. The molecule has 0 aromatic heterocycles. The summed E-state index contributed by atoms with van der Waals surface area (Å²) in [6, 6.07) is 13.9. The predicted octanol–water partition coefficient (Wildman–Crippen LogP) is 3.00. The molecule has 2 saturated heterocycles. The van der Waals surface area contributed by atoms with E-state index in [9.17, 15) is 14.4 Å². The van der Waals surface area contributed by atoms with Gasteiger partial charge in [0.05, 0.1) is 28.9 Å². The number of para-hydroxylation sites is 1. The van der Waals surface area contributed by atoms with Crippen LogP contribution in [0.15, 0.2) is 48.5 Å². The fraction of sp³-hybridized carbons (Fsp3) is 0.318. The molecule has 0 radical (unpaired) electrons. The monoisotopic (exact) mass is 411 g/mol. The van der Waals surface area contributed by atoms with Crippen molar-refractivity contribution in [3.05, 3.63) is 59.1 Å². The zero-order chi connectivity index (χ0) is 20.5. The molecule has 7 heteroatoms. The highest BCUT2D eigenvalue weighted by Gasteiger charge is 2.43. The minimum atomic E-state index is -0.441. The maximum atomic E-state index is 13.0. The van der Waals surface area contributed by atoms with Crippen LogP contribution in [-0.2, 0) is 9.59 Å². The fourth-order valence-corrected chi connectivity index (χ4v) is 4.26. The van der Waals surface area contributed by atoms with Gasteiger partial charge in [-0.15, -0.1) is 0 Å². The fourth-order valence-electron chi connectivity index (χ4n) is 4.00. The summed E-state index contributed by atoms with van der Waals surface area (Å²) >= 11 is 6.30. The van der Waals surface area contributed by atoms with Crippen molar-refractivity contribution < 1.29 is 14.4 Å². The first kappa shape index (κ1) is 19.6. The van der Waals surface area contributed by atoms with Crippen LogP contribution < -0.4 is 9.80 Å². The van der Waals surface area contributed by atoms with Gasteiger partial charge in [-0.2, -0.15) is 0 Å². The number of carbonyl (C=O) groups is 3. The van der Waals surface area contributed by atoms with Gasteiger partial charge in [0.2, 0.25) is 5.91 Å². The molecular weight excluding hydrogens is 390 g/mol. The Morgan fingerprint density at radius 1 is 0.966 bits per heavy atom. The zero-order valence-electron chi connectivity index (χ0n) is 16.2. The summed E-state index contributed by atoms with van der Waals surface area (Å²) in [5, 5.41) is 0.716. The van der Waals surface area contributed by atoms with Gasteiger partial charge in [-0.05, 0) is 43.3 Å². The molecule has 4 rings (SSSR count). The molecule has 2 aliphatic heterocycles. The number of anilines is 2. The number of ketones is 1. The number of halogens is 1. The van der Waals surface area contributed by atoms with E-state index in [2.05, 4.69) is 9.80 Å². The van der Waals surface area contributed by atoms with Crippen molar-refractivity contribution in [3.8, 4) is 0 Å². The lowest BCUT2D eigenvalue weighted by atomic mass is 10.1. The first-order valence-electron chi connectivity index (χ1n) is 9.67. The molecule has 0 spiro atoms. The Kier molecular flexibility index (Phi) is 5.39. The van der Waals surface area contributed by atoms with E-state index in [1.165, 1.54) is 11.8 Å². The van der Waals surface area contributed by atoms with E-state index < -0.39 is 6.04 Å². The second-order valence-corrected chi connectivity index (χ2v) is 7.77. The van der Waals surface area contributed by atoms with Crippen LogP contribution in [0.3, 0.4) is 0 Å². The molecule has 2 heterocycles. The number of imide groups is 1. The third-order valence-corrected chi connectivity index (χ3v) is 5.92. The summed E-state index contributed by atoms with van der Waals surface area (Å²) in [5.41, 5.74) is 2.07. The van der Waals surface area contributed by atoms with Gasteiger partial charge in [-0.25, -0.2) is 4.90 Å². The van der Waals surface area contributed by atoms with Crippen LogP contribution in [0, 0.1) is 0 Å². The molecule has 2 aromatic rings. The summed E-state index contributed by atoms with van der Waals surface area (Å²) < 4.78 is 0. The van der Waals surface area contributed by atoms with Gasteiger partial charge in [-0.1, -0.05) is 23.7 Å². The maximum absolute atomic E-state index is 13.0. The second kappa shape index (κ2) is 7.97. The highest BCUT2D eigenvalue weighted by Crippen LogP contribution is 2.29. The van der Waals surface area contributed by atoms with Gasteiger partial charge in [-0.3, -0.25) is 19.3 Å². The van der Waals surface area contributed by atoms with Gasteiger partial charge >= 0.3 is 0 Å². The molecule has 2 aromatic carbocycles. The minimum absolute atomic E-state index is 0.0510. The third kappa shape index (κ3) is 3.78. The quantitative estimate of drug-likeness (QED) is 0.571. The predicted molar refractivity (Wildman–Crippen MR) is 113 cm³/mol. The zero-order valence-corrected chi connectivity index (χ0v) is 16.9. The van der Waals surface area contributed by atoms with Crippen molar-refractivity contribution in [3.63, 3.8) is 0 Å². The molecule has 0 N–H and O–H groups in total. The number of carbonyl (C=O) groups excluding carboxylic acids is 3. The van der Waals surface area contributed by atoms with Crippen LogP contribution in [0.2, 0.25) is 5.02 Å². The highest BCUT2D eigenvalue weighted by atomic mass is 35.5. The van der Waals surface area contributed by atoms with E-state index in [0.717, 1.165) is 18.8 Å². The lowest BCUT2D eigenvalue weighted by Gasteiger charge is -2.38. The first-order valence-corrected chi connectivity index (χ1v) is 10.0. The van der Waals surface area contributed by atoms with Crippen molar-refractivity contribution in [1.29, 1.82) is 0 Å². The van der Waals surface area contributed by atoms with Crippen LogP contribution in [0.4, 0.5) is 11.4 Å². The maximum Gasteiger partial charge on any atom is 0.251 e. The normalized spacial score (nSPS) is 20.4. The van der Waals surface area contributed by atoms with E-state index in [0.29, 0.717) is 29.4 Å². The summed E-state index contributed by atoms with van der Waals surface area (Å²) in [5.74, 6) is -0.453. The molecule has 2 fully saturated rings. The molecule has 29 heavy (non-hydrogen) atoms. The van der Waals surface area contributed by atoms with Crippen molar-refractivity contribution in [2.75, 3.05) is 36.0 Å². The smallest absolute Gasteiger partial charge is 0.251 e. The Balaban J connectivity index is 1.44. The Morgan fingerprint density at radius 2 is 1.62 bits per heavy atom. The van der Waals surface area contributed by atoms with E-state index in [1.807, 2.05) is 24.3 Å². The molecule has 150 valence electrons. The molecule has 0 bridgehead atoms. The number of Topliss-reactive ketones (excluding diaryl/α,β-unsaturated/α-hetero) is 1. The summed E-state index contributed by atoms with van der Waals surface area (Å²) in [7, 11) is 0. The van der Waals surface area contributed by atoms with Gasteiger partial charge in [0.15, 0.2) is 5.78 Å². The van der Waals surface area contributed by atoms with Crippen molar-refractivity contribution >= 4 is 40.6 Å². The SMILES string of the molecule is CC(=O)c1ccc(N2C(=O)CC(N3CCN(c4ccccc4Cl)CC3)C2=O)cc1. The van der Waals surface area contributed by atoms with E-state index in [-0.39, 0.29) is 24.0 Å². The topological polar surface area (TPSA) is 60.9 Å². The Hall–Kier alpha value is -2.70. The molecule has 1 atom stereocenters. The standard InChI is InChI=1S/C22H22ClN3O3/c1-15(27)16-6-8-17(9-7-16)26-21(28)14-20(22(26)29)25-12-10-24(11-13-25)19-5-3-2-4-18(19)23/h2-9,20H,10-14H2,1H3. The average Bonchev–Trinajstić information content (AvgIpc) is 3.02. The molecular formula is C22H22ClN3O3. The highest BCUT2D eigenvalue weighted by molar-refractivity contribution is 6.33. The van der Waals surface area contributed by atoms with Crippen LogP contribution in [0.1, 0.15) is 23.7 Å².